The van der Waals surface area contributed by atoms with Gasteiger partial charge in [0.05, 0.1) is 0 Å². The fraction of sp³-hybridized carbons (Fsp3) is 0.182. The lowest BCUT2D eigenvalue weighted by molar-refractivity contribution is 0.442. The van der Waals surface area contributed by atoms with Crippen LogP contribution in [-0.4, -0.2) is 25.9 Å². The Bertz CT molecular complexity index is 784. The Kier molecular flexibility index (Phi) is 6.29. The van der Waals surface area contributed by atoms with Gasteiger partial charge in [-0.3, -0.25) is 0 Å². The first-order valence-electron chi connectivity index (χ1n) is 9.30. The van der Waals surface area contributed by atoms with Crippen molar-refractivity contribution in [3.63, 3.8) is 0 Å². The lowest BCUT2D eigenvalue weighted by Crippen LogP contribution is -2.58. The third-order valence-corrected chi connectivity index (χ3v) is 14.5. The maximum absolute atomic E-state index is 6.82. The maximum Gasteiger partial charge on any atom is 0.402 e. The Morgan fingerprint density at radius 1 is 0.519 bits per heavy atom. The van der Waals surface area contributed by atoms with Gasteiger partial charge in [0.25, 0.3) is 0 Å². The molecule has 0 bridgehead atoms. The Morgan fingerprint density at radius 2 is 0.852 bits per heavy atom. The van der Waals surface area contributed by atoms with Gasteiger partial charge in [0.2, 0.25) is 16.6 Å². The molecule has 0 aliphatic heterocycles. The van der Waals surface area contributed by atoms with Crippen molar-refractivity contribution in [3.05, 3.63) is 91.0 Å². The summed E-state index contributed by atoms with van der Waals surface area (Å²) in [6, 6.07) is 31.6. The van der Waals surface area contributed by atoms with E-state index in [0.717, 1.165) is 0 Å². The van der Waals surface area contributed by atoms with Crippen LogP contribution in [0.5, 0.6) is 0 Å². The molecule has 0 heterocycles. The highest BCUT2D eigenvalue weighted by molar-refractivity contribution is 6.94. The van der Waals surface area contributed by atoms with Crippen molar-refractivity contribution in [1.82, 2.24) is 0 Å². The lowest BCUT2D eigenvalue weighted by Gasteiger charge is -2.33. The quantitative estimate of drug-likeness (QED) is 0.557. The molecule has 3 rings (SSSR count). The highest BCUT2D eigenvalue weighted by Crippen LogP contribution is 2.13. The summed E-state index contributed by atoms with van der Waals surface area (Å²) in [5.74, 6) is 0. The molecule has 0 saturated carbocycles. The van der Waals surface area contributed by atoms with E-state index in [1.807, 2.05) is 6.07 Å². The fourth-order valence-corrected chi connectivity index (χ4v) is 11.6. The highest BCUT2D eigenvalue weighted by atomic mass is 28.4. The topological polar surface area (TPSA) is 18.5 Å². The van der Waals surface area contributed by atoms with E-state index in [1.165, 1.54) is 15.6 Å². The molecule has 0 aliphatic rings. The Morgan fingerprint density at radius 3 is 1.22 bits per heavy atom. The van der Waals surface area contributed by atoms with Crippen molar-refractivity contribution in [3.8, 4) is 0 Å². The average molecular weight is 408 g/mol. The summed E-state index contributed by atoms with van der Waals surface area (Å²) in [4.78, 5) is 0. The third kappa shape index (κ3) is 5.15. The van der Waals surface area contributed by atoms with Crippen molar-refractivity contribution in [2.75, 3.05) is 0 Å². The Hall–Kier alpha value is -1.77. The minimum absolute atomic E-state index is 1.18. The molecule has 0 unspecified atom stereocenters. The fourth-order valence-electron chi connectivity index (χ4n) is 2.97. The largest absolute Gasteiger partial charge is 0.428 e. The van der Waals surface area contributed by atoms with Crippen LogP contribution in [0.25, 0.3) is 0 Å². The van der Waals surface area contributed by atoms with Gasteiger partial charge in [0.1, 0.15) is 0 Å². The first-order valence-corrected chi connectivity index (χ1v) is 16.4. The zero-order valence-electron chi connectivity index (χ0n) is 16.5. The molecule has 0 spiro atoms. The van der Waals surface area contributed by atoms with E-state index in [9.17, 15) is 0 Å². The van der Waals surface area contributed by atoms with Gasteiger partial charge >= 0.3 is 9.28 Å². The highest BCUT2D eigenvalue weighted by Gasteiger charge is 2.37. The summed E-state index contributed by atoms with van der Waals surface area (Å²) in [5.41, 5.74) is 0. The van der Waals surface area contributed by atoms with Crippen LogP contribution in [0, 0.1) is 0 Å². The predicted molar refractivity (Wildman–Crippen MR) is 121 cm³/mol. The summed E-state index contributed by atoms with van der Waals surface area (Å²) >= 11 is 0. The molecule has 139 valence electrons. The predicted octanol–water partition coefficient (Wildman–Crippen LogP) is 3.64. The smallest absolute Gasteiger partial charge is 0.402 e. The zero-order chi connectivity index (χ0) is 19.3. The van der Waals surface area contributed by atoms with Gasteiger partial charge in [-0.1, -0.05) is 91.0 Å². The number of rotatable bonds is 7. The molecular formula is C22H27O2Si3. The van der Waals surface area contributed by atoms with Crippen molar-refractivity contribution in [1.29, 1.82) is 0 Å². The van der Waals surface area contributed by atoms with Crippen LogP contribution in [0.2, 0.25) is 26.2 Å². The van der Waals surface area contributed by atoms with E-state index < -0.39 is 25.9 Å². The van der Waals surface area contributed by atoms with E-state index in [1.54, 1.807) is 0 Å². The maximum atomic E-state index is 6.82. The Labute approximate surface area is 166 Å². The Balaban J connectivity index is 1.90. The monoisotopic (exact) mass is 407 g/mol. The van der Waals surface area contributed by atoms with E-state index in [0.29, 0.717) is 0 Å². The average Bonchev–Trinajstić information content (AvgIpc) is 2.69. The summed E-state index contributed by atoms with van der Waals surface area (Å²) in [7, 11) is -5.77. The molecule has 5 heteroatoms. The first kappa shape index (κ1) is 20.0. The molecule has 1 radical (unpaired) electrons. The number of benzene rings is 3. The van der Waals surface area contributed by atoms with Crippen LogP contribution in [0.3, 0.4) is 0 Å². The summed E-state index contributed by atoms with van der Waals surface area (Å²) in [5, 5.41) is 3.77. The normalized spacial score (nSPS) is 12.3. The standard InChI is InChI=1S/C22H27O2Si3/c1-26(2,21-16-10-6-11-17-21)23-25(20-14-8-5-9-15-20)24-27(3,4)22-18-12-7-13-19-22/h5-19H,1-4H3. The molecule has 0 fully saturated rings. The van der Waals surface area contributed by atoms with Gasteiger partial charge in [-0.2, -0.15) is 0 Å². The number of hydrogen-bond acceptors (Lipinski definition) is 2. The van der Waals surface area contributed by atoms with Crippen LogP contribution < -0.4 is 15.6 Å². The van der Waals surface area contributed by atoms with Crippen LogP contribution in [0.4, 0.5) is 0 Å². The van der Waals surface area contributed by atoms with Crippen LogP contribution in [0.1, 0.15) is 0 Å². The minimum atomic E-state index is -2.08. The van der Waals surface area contributed by atoms with Gasteiger partial charge in [0, 0.05) is 0 Å². The van der Waals surface area contributed by atoms with E-state index in [4.69, 9.17) is 8.23 Å². The van der Waals surface area contributed by atoms with Gasteiger partial charge in [-0.25, -0.2) is 0 Å². The lowest BCUT2D eigenvalue weighted by atomic mass is 10.4. The third-order valence-electron chi connectivity index (χ3n) is 4.64. The van der Waals surface area contributed by atoms with Crippen molar-refractivity contribution < 1.29 is 8.23 Å². The van der Waals surface area contributed by atoms with Crippen LogP contribution in [-0.2, 0) is 8.23 Å². The van der Waals surface area contributed by atoms with Crippen LogP contribution in [0.15, 0.2) is 91.0 Å². The molecule has 27 heavy (non-hydrogen) atoms. The molecule has 0 N–H and O–H groups in total. The van der Waals surface area contributed by atoms with Gasteiger partial charge in [0.15, 0.2) is 0 Å². The molecule has 0 amide bonds. The van der Waals surface area contributed by atoms with Crippen molar-refractivity contribution in [2.24, 2.45) is 0 Å². The molecule has 0 aromatic heterocycles. The molecule has 0 atom stereocenters. The second-order valence-electron chi connectivity index (χ2n) is 7.61. The second kappa shape index (κ2) is 8.50. The van der Waals surface area contributed by atoms with Gasteiger partial charge in [-0.05, 0) is 41.7 Å². The van der Waals surface area contributed by atoms with Gasteiger partial charge in [-0.15, -0.1) is 0 Å². The summed E-state index contributed by atoms with van der Waals surface area (Å²) in [6.07, 6.45) is 0. The minimum Gasteiger partial charge on any atom is -0.428 e. The molecule has 3 aromatic rings. The van der Waals surface area contributed by atoms with E-state index in [2.05, 4.69) is 111 Å². The molecule has 0 saturated heterocycles. The first-order chi connectivity index (χ1) is 12.9. The summed E-state index contributed by atoms with van der Waals surface area (Å²) < 4.78 is 13.6. The van der Waals surface area contributed by atoms with E-state index >= 15 is 0 Å². The second-order valence-corrected chi connectivity index (χ2v) is 17.6. The van der Waals surface area contributed by atoms with Crippen LogP contribution >= 0.6 is 0 Å². The molecule has 0 aliphatic carbocycles. The summed E-state index contributed by atoms with van der Waals surface area (Å²) in [6.45, 7) is 9.04. The SMILES string of the molecule is C[Si](C)(O[Si](O[Si](C)(C)c1ccccc1)c1ccccc1)c1ccccc1. The number of hydrogen-bond donors (Lipinski definition) is 0. The molecule has 2 nitrogen and oxygen atoms in total. The van der Waals surface area contributed by atoms with Gasteiger partial charge < -0.3 is 8.23 Å². The molecular weight excluding hydrogens is 380 g/mol. The van der Waals surface area contributed by atoms with E-state index in [-0.39, 0.29) is 0 Å². The molecule has 3 aromatic carbocycles. The van der Waals surface area contributed by atoms with Crippen molar-refractivity contribution in [2.45, 2.75) is 26.2 Å². The zero-order valence-corrected chi connectivity index (χ0v) is 19.5. The van der Waals surface area contributed by atoms with Crippen molar-refractivity contribution >= 4 is 41.5 Å².